The number of rotatable bonds is 8. The zero-order chi connectivity index (χ0) is 23.1. The molecular formula is C24H18FIN2O4. The van der Waals surface area contributed by atoms with E-state index in [9.17, 15) is 19.8 Å². The van der Waals surface area contributed by atoms with Gasteiger partial charge in [-0.15, -0.1) is 0 Å². The van der Waals surface area contributed by atoms with Crippen LogP contribution in [0.25, 0.3) is 11.6 Å². The molecule has 0 saturated heterocycles. The van der Waals surface area contributed by atoms with Crippen LogP contribution in [-0.2, 0) is 6.61 Å². The molecule has 0 unspecified atom stereocenters. The van der Waals surface area contributed by atoms with E-state index in [0.717, 1.165) is 9.13 Å². The van der Waals surface area contributed by atoms with Gasteiger partial charge in [-0.1, -0.05) is 12.1 Å². The summed E-state index contributed by atoms with van der Waals surface area (Å²) in [6, 6.07) is 17.7. The molecule has 0 aliphatic heterocycles. The lowest BCUT2D eigenvalue weighted by molar-refractivity contribution is -0.384. The van der Waals surface area contributed by atoms with Crippen LogP contribution in [0, 0.1) is 30.8 Å². The summed E-state index contributed by atoms with van der Waals surface area (Å²) in [5.74, 6) is 0.625. The van der Waals surface area contributed by atoms with Crippen molar-refractivity contribution < 1.29 is 18.8 Å². The molecule has 0 radical (unpaired) electrons. The lowest BCUT2D eigenvalue weighted by Gasteiger charge is -2.15. The SMILES string of the molecule is CCOc1cc(/C=C(/C#N)c2cccc(F)c2)cc(I)c1OCc1ccc([N+](=O)[O-])cc1. The van der Waals surface area contributed by atoms with E-state index >= 15 is 0 Å². The number of nitro groups is 1. The Labute approximate surface area is 198 Å². The van der Waals surface area contributed by atoms with Crippen LogP contribution in [0.5, 0.6) is 11.5 Å². The van der Waals surface area contributed by atoms with Crippen LogP contribution in [0.3, 0.4) is 0 Å². The van der Waals surface area contributed by atoms with Gasteiger partial charge in [-0.25, -0.2) is 4.39 Å². The van der Waals surface area contributed by atoms with Gasteiger partial charge < -0.3 is 9.47 Å². The highest BCUT2D eigenvalue weighted by Crippen LogP contribution is 2.36. The number of nitrogens with zero attached hydrogens (tertiary/aromatic N) is 2. The van der Waals surface area contributed by atoms with Crippen molar-refractivity contribution in [3.8, 4) is 17.6 Å². The Hall–Kier alpha value is -3.45. The summed E-state index contributed by atoms with van der Waals surface area (Å²) in [5, 5.41) is 20.4. The van der Waals surface area contributed by atoms with E-state index in [-0.39, 0.29) is 12.3 Å². The first-order valence-corrected chi connectivity index (χ1v) is 10.7. The number of nitro benzene ring substituents is 1. The number of hydrogen-bond acceptors (Lipinski definition) is 5. The van der Waals surface area contributed by atoms with Crippen molar-refractivity contribution >= 4 is 39.9 Å². The Balaban J connectivity index is 1.88. The molecule has 6 nitrogen and oxygen atoms in total. The summed E-state index contributed by atoms with van der Waals surface area (Å²) < 4.78 is 26.0. The molecule has 0 aliphatic carbocycles. The Kier molecular flexibility index (Phi) is 7.78. The largest absolute Gasteiger partial charge is 0.490 e. The molecule has 0 aromatic heterocycles. The first kappa shape index (κ1) is 23.2. The van der Waals surface area contributed by atoms with Gasteiger partial charge in [-0.05, 0) is 88.7 Å². The summed E-state index contributed by atoms with van der Waals surface area (Å²) in [6.07, 6.45) is 1.67. The maximum absolute atomic E-state index is 13.6. The molecule has 3 rings (SSSR count). The number of non-ortho nitro benzene ring substituents is 1. The molecule has 0 aliphatic rings. The van der Waals surface area contributed by atoms with Crippen LogP contribution in [0.2, 0.25) is 0 Å². The third-order valence-electron chi connectivity index (χ3n) is 4.43. The summed E-state index contributed by atoms with van der Waals surface area (Å²) >= 11 is 2.12. The maximum atomic E-state index is 13.6. The minimum atomic E-state index is -0.452. The second kappa shape index (κ2) is 10.7. The van der Waals surface area contributed by atoms with E-state index in [1.54, 1.807) is 36.4 Å². The second-order valence-corrected chi connectivity index (χ2v) is 7.82. The van der Waals surface area contributed by atoms with E-state index < -0.39 is 10.7 Å². The van der Waals surface area contributed by atoms with Gasteiger partial charge in [-0.3, -0.25) is 10.1 Å². The molecule has 162 valence electrons. The molecule has 0 spiro atoms. The van der Waals surface area contributed by atoms with Crippen molar-refractivity contribution in [2.24, 2.45) is 0 Å². The van der Waals surface area contributed by atoms with Crippen LogP contribution in [-0.4, -0.2) is 11.5 Å². The minimum Gasteiger partial charge on any atom is -0.490 e. The molecule has 3 aromatic carbocycles. The zero-order valence-corrected chi connectivity index (χ0v) is 19.2. The van der Waals surface area contributed by atoms with E-state index in [1.165, 1.54) is 24.3 Å². The molecular weight excluding hydrogens is 526 g/mol. The third kappa shape index (κ3) is 5.82. The highest BCUT2D eigenvalue weighted by molar-refractivity contribution is 14.1. The normalized spacial score (nSPS) is 11.0. The molecule has 0 fully saturated rings. The van der Waals surface area contributed by atoms with Crippen molar-refractivity contribution in [3.63, 3.8) is 0 Å². The molecule has 0 N–H and O–H groups in total. The fraction of sp³-hybridized carbons (Fsp3) is 0.125. The number of hydrogen-bond donors (Lipinski definition) is 0. The molecule has 0 saturated carbocycles. The van der Waals surface area contributed by atoms with Gasteiger partial charge in [0.2, 0.25) is 0 Å². The van der Waals surface area contributed by atoms with Crippen molar-refractivity contribution in [2.45, 2.75) is 13.5 Å². The van der Waals surface area contributed by atoms with Crippen LogP contribution in [0.1, 0.15) is 23.6 Å². The first-order valence-electron chi connectivity index (χ1n) is 9.61. The average molecular weight is 544 g/mol. The Bertz CT molecular complexity index is 1200. The lowest BCUT2D eigenvalue weighted by atomic mass is 10.0. The highest BCUT2D eigenvalue weighted by Gasteiger charge is 2.14. The summed E-state index contributed by atoms with van der Waals surface area (Å²) in [7, 11) is 0. The predicted molar refractivity (Wildman–Crippen MR) is 128 cm³/mol. The fourth-order valence-corrected chi connectivity index (χ4v) is 3.73. The number of nitriles is 1. The Morgan fingerprint density at radius 2 is 1.94 bits per heavy atom. The number of allylic oxidation sites excluding steroid dienone is 1. The van der Waals surface area contributed by atoms with E-state index in [2.05, 4.69) is 28.7 Å². The molecule has 3 aromatic rings. The molecule has 0 amide bonds. The van der Waals surface area contributed by atoms with Crippen LogP contribution in [0.15, 0.2) is 60.7 Å². The van der Waals surface area contributed by atoms with Crippen LogP contribution < -0.4 is 9.47 Å². The molecule has 0 atom stereocenters. The topological polar surface area (TPSA) is 85.4 Å². The quantitative estimate of drug-likeness (QED) is 0.108. The highest BCUT2D eigenvalue weighted by atomic mass is 127. The van der Waals surface area contributed by atoms with Crippen molar-refractivity contribution in [1.82, 2.24) is 0 Å². The summed E-state index contributed by atoms with van der Waals surface area (Å²) in [6.45, 7) is 2.46. The number of halogens is 2. The van der Waals surface area contributed by atoms with Gasteiger partial charge in [0.05, 0.1) is 26.7 Å². The van der Waals surface area contributed by atoms with Gasteiger partial charge in [0.1, 0.15) is 12.4 Å². The van der Waals surface area contributed by atoms with Crippen molar-refractivity contribution in [2.75, 3.05) is 6.61 Å². The average Bonchev–Trinajstić information content (AvgIpc) is 2.77. The monoisotopic (exact) mass is 544 g/mol. The van der Waals surface area contributed by atoms with Gasteiger partial charge >= 0.3 is 0 Å². The standard InChI is InChI=1S/C24H18FIN2O4/c1-2-31-23-12-17(10-19(14-27)18-4-3-5-20(25)13-18)11-22(26)24(23)32-15-16-6-8-21(9-7-16)28(29)30/h3-13H,2,15H2,1H3/b19-10-. The predicted octanol–water partition coefficient (Wildman–Crippen LogP) is 6.38. The second-order valence-electron chi connectivity index (χ2n) is 6.66. The molecule has 32 heavy (non-hydrogen) atoms. The minimum absolute atomic E-state index is 0.0149. The molecule has 0 heterocycles. The number of ether oxygens (including phenoxy) is 2. The molecule has 0 bridgehead atoms. The van der Waals surface area contributed by atoms with Crippen LogP contribution in [0.4, 0.5) is 10.1 Å². The summed E-state index contributed by atoms with van der Waals surface area (Å²) in [5.41, 5.74) is 2.30. The van der Waals surface area contributed by atoms with Crippen molar-refractivity contribution in [3.05, 3.63) is 96.9 Å². The summed E-state index contributed by atoms with van der Waals surface area (Å²) in [4.78, 5) is 10.4. The Morgan fingerprint density at radius 1 is 1.19 bits per heavy atom. The van der Waals surface area contributed by atoms with Gasteiger partial charge in [0, 0.05) is 12.1 Å². The van der Waals surface area contributed by atoms with Crippen molar-refractivity contribution in [1.29, 1.82) is 5.26 Å². The maximum Gasteiger partial charge on any atom is 0.269 e. The zero-order valence-electron chi connectivity index (χ0n) is 17.0. The fourth-order valence-electron chi connectivity index (χ4n) is 2.95. The van der Waals surface area contributed by atoms with E-state index in [4.69, 9.17) is 9.47 Å². The third-order valence-corrected chi connectivity index (χ3v) is 5.23. The van der Waals surface area contributed by atoms with E-state index in [0.29, 0.717) is 34.8 Å². The number of benzene rings is 3. The lowest BCUT2D eigenvalue weighted by Crippen LogP contribution is -2.02. The van der Waals surface area contributed by atoms with E-state index in [1.807, 2.05) is 13.0 Å². The molecule has 8 heteroatoms. The Morgan fingerprint density at radius 3 is 2.56 bits per heavy atom. The smallest absolute Gasteiger partial charge is 0.269 e. The van der Waals surface area contributed by atoms with Gasteiger partial charge in [0.25, 0.3) is 5.69 Å². The van der Waals surface area contributed by atoms with Gasteiger partial charge in [0.15, 0.2) is 11.5 Å². The van der Waals surface area contributed by atoms with Crippen LogP contribution >= 0.6 is 22.6 Å². The van der Waals surface area contributed by atoms with Gasteiger partial charge in [-0.2, -0.15) is 5.26 Å². The first-order chi connectivity index (χ1) is 15.4.